The number of rotatable bonds is 4. The highest BCUT2D eigenvalue weighted by molar-refractivity contribution is 5.66. The third-order valence-corrected chi connectivity index (χ3v) is 10.2. The van der Waals surface area contributed by atoms with E-state index in [-0.39, 0.29) is 29.5 Å². The minimum Gasteiger partial charge on any atom is -0.481 e. The number of carboxylic acid groups (broad SMARTS) is 1. The van der Waals surface area contributed by atoms with Gasteiger partial charge in [0.15, 0.2) is 0 Å². The first-order valence-electron chi connectivity index (χ1n) is 11.7. The van der Waals surface area contributed by atoms with Gasteiger partial charge in [-0.25, -0.2) is 0 Å². The molecule has 4 rings (SSSR count). The van der Waals surface area contributed by atoms with Crippen molar-refractivity contribution in [3.8, 4) is 0 Å². The summed E-state index contributed by atoms with van der Waals surface area (Å²) < 4.78 is 0. The number of fused-ring (bicyclic) bond motifs is 5. The van der Waals surface area contributed by atoms with Gasteiger partial charge in [-0.1, -0.05) is 20.8 Å². The molecule has 4 fully saturated rings. The average molecular weight is 393 g/mol. The molecule has 0 aliphatic heterocycles. The van der Waals surface area contributed by atoms with Crippen molar-refractivity contribution in [1.82, 2.24) is 0 Å². The van der Waals surface area contributed by atoms with Gasteiger partial charge in [0.1, 0.15) is 0 Å². The van der Waals surface area contributed by atoms with Crippen LogP contribution in [0.5, 0.6) is 0 Å². The fourth-order valence-electron chi connectivity index (χ4n) is 8.73. The highest BCUT2D eigenvalue weighted by Crippen LogP contribution is 2.68. The second kappa shape index (κ2) is 7.27. The molecule has 0 radical (unpaired) electrons. The van der Waals surface area contributed by atoms with Crippen LogP contribution in [0, 0.1) is 46.3 Å². The predicted molar refractivity (Wildman–Crippen MR) is 109 cm³/mol. The SMILES string of the molecule is C[C@H](CCC(=O)O)[C@H]1CC[C@H]2[C@@H]3[C@H](O)C[C@H]4C[C@H](O)CC[C@]4(C)[C@@H]3CC[C@]12C. The molecule has 0 unspecified atom stereocenters. The quantitative estimate of drug-likeness (QED) is 0.659. The van der Waals surface area contributed by atoms with Gasteiger partial charge in [0, 0.05) is 6.42 Å². The molecular weight excluding hydrogens is 352 g/mol. The Morgan fingerprint density at radius 3 is 2.39 bits per heavy atom. The van der Waals surface area contributed by atoms with Gasteiger partial charge >= 0.3 is 5.97 Å². The molecule has 4 aliphatic rings. The van der Waals surface area contributed by atoms with E-state index in [0.29, 0.717) is 35.5 Å². The lowest BCUT2D eigenvalue weighted by atomic mass is 9.43. The number of carbonyl (C=O) groups is 1. The van der Waals surface area contributed by atoms with Crippen molar-refractivity contribution in [2.45, 2.75) is 97.2 Å². The standard InChI is InChI=1S/C24H40O4/c1-14(4-7-21(27)28)17-5-6-18-22-19(9-11-24(17,18)3)23(2)10-8-16(25)12-15(23)13-20(22)26/h14-20,22,25-26H,4-13H2,1-3H3,(H,27,28)/t14-,15-,16-,17-,18+,19-,20-,22+,23+,24-/m1/s1. The summed E-state index contributed by atoms with van der Waals surface area (Å²) in [6.45, 7) is 7.16. The van der Waals surface area contributed by atoms with Gasteiger partial charge in [0.25, 0.3) is 0 Å². The van der Waals surface area contributed by atoms with E-state index in [2.05, 4.69) is 20.8 Å². The average Bonchev–Trinajstić information content (AvgIpc) is 2.98. The Balaban J connectivity index is 1.55. The molecule has 0 aromatic rings. The highest BCUT2D eigenvalue weighted by atomic mass is 16.4. The van der Waals surface area contributed by atoms with Crippen LogP contribution in [0.1, 0.15) is 85.0 Å². The number of aliphatic hydroxyl groups is 2. The van der Waals surface area contributed by atoms with Crippen molar-refractivity contribution in [3.05, 3.63) is 0 Å². The molecule has 3 N–H and O–H groups in total. The lowest BCUT2D eigenvalue weighted by molar-refractivity contribution is -0.174. The predicted octanol–water partition coefficient (Wildman–Crippen LogP) is 4.48. The van der Waals surface area contributed by atoms with E-state index >= 15 is 0 Å². The molecular formula is C24H40O4. The molecule has 0 aromatic carbocycles. The number of aliphatic carboxylic acids is 1. The lowest BCUT2D eigenvalue weighted by Gasteiger charge is -2.62. The summed E-state index contributed by atoms with van der Waals surface area (Å²) in [7, 11) is 0. The van der Waals surface area contributed by atoms with Gasteiger partial charge in [-0.15, -0.1) is 0 Å². The molecule has 0 aromatic heterocycles. The number of hydrogen-bond donors (Lipinski definition) is 3. The fraction of sp³-hybridized carbons (Fsp3) is 0.958. The maximum absolute atomic E-state index is 11.2. The summed E-state index contributed by atoms with van der Waals surface area (Å²) in [5.41, 5.74) is 0.523. The van der Waals surface area contributed by atoms with Crippen LogP contribution in [0.4, 0.5) is 0 Å². The molecule has 28 heavy (non-hydrogen) atoms. The van der Waals surface area contributed by atoms with E-state index in [1.165, 1.54) is 25.7 Å². The van der Waals surface area contributed by atoms with E-state index in [1.54, 1.807) is 0 Å². The first-order valence-corrected chi connectivity index (χ1v) is 11.7. The van der Waals surface area contributed by atoms with E-state index in [0.717, 1.165) is 32.1 Å². The number of aliphatic hydroxyl groups excluding tert-OH is 2. The second-order valence-corrected chi connectivity index (χ2v) is 11.4. The summed E-state index contributed by atoms with van der Waals surface area (Å²) in [4.78, 5) is 11.1. The molecule has 0 bridgehead atoms. The van der Waals surface area contributed by atoms with Crippen molar-refractivity contribution < 1.29 is 20.1 Å². The summed E-state index contributed by atoms with van der Waals surface area (Å²) in [6, 6.07) is 0. The zero-order chi connectivity index (χ0) is 20.3. The number of hydrogen-bond acceptors (Lipinski definition) is 3. The van der Waals surface area contributed by atoms with E-state index < -0.39 is 5.97 Å². The minimum atomic E-state index is -0.684. The van der Waals surface area contributed by atoms with Crippen LogP contribution < -0.4 is 0 Å². The first-order chi connectivity index (χ1) is 13.2. The number of carboxylic acids is 1. The summed E-state index contributed by atoms with van der Waals surface area (Å²) in [6.07, 6.45) is 9.19. The van der Waals surface area contributed by atoms with Crippen molar-refractivity contribution >= 4 is 5.97 Å². The molecule has 4 heteroatoms. The molecule has 0 heterocycles. The van der Waals surface area contributed by atoms with Crippen LogP contribution in [0.15, 0.2) is 0 Å². The molecule has 160 valence electrons. The minimum absolute atomic E-state index is 0.179. The smallest absolute Gasteiger partial charge is 0.303 e. The molecule has 4 nitrogen and oxygen atoms in total. The van der Waals surface area contributed by atoms with Gasteiger partial charge < -0.3 is 15.3 Å². The van der Waals surface area contributed by atoms with E-state index in [9.17, 15) is 15.0 Å². The Kier molecular flexibility index (Phi) is 5.36. The van der Waals surface area contributed by atoms with Gasteiger partial charge in [0.05, 0.1) is 12.2 Å². The molecule has 0 amide bonds. The van der Waals surface area contributed by atoms with Crippen molar-refractivity contribution in [3.63, 3.8) is 0 Å². The molecule has 4 saturated carbocycles. The van der Waals surface area contributed by atoms with Crippen LogP contribution in [-0.2, 0) is 4.79 Å². The Bertz CT molecular complexity index is 605. The van der Waals surface area contributed by atoms with E-state index in [1.807, 2.05) is 0 Å². The fourth-order valence-corrected chi connectivity index (χ4v) is 8.73. The molecule has 0 spiro atoms. The van der Waals surface area contributed by atoms with Gasteiger partial charge in [-0.05, 0) is 104 Å². The topological polar surface area (TPSA) is 77.8 Å². The van der Waals surface area contributed by atoms with Crippen LogP contribution in [0.3, 0.4) is 0 Å². The third kappa shape index (κ3) is 3.14. The van der Waals surface area contributed by atoms with Gasteiger partial charge in [0.2, 0.25) is 0 Å². The second-order valence-electron chi connectivity index (χ2n) is 11.4. The van der Waals surface area contributed by atoms with Gasteiger partial charge in [-0.2, -0.15) is 0 Å². The monoisotopic (exact) mass is 392 g/mol. The third-order valence-electron chi connectivity index (χ3n) is 10.2. The normalized spacial score (nSPS) is 51.7. The summed E-state index contributed by atoms with van der Waals surface area (Å²) >= 11 is 0. The molecule has 4 aliphatic carbocycles. The van der Waals surface area contributed by atoms with Crippen LogP contribution in [0.25, 0.3) is 0 Å². The van der Waals surface area contributed by atoms with E-state index in [4.69, 9.17) is 5.11 Å². The zero-order valence-electron chi connectivity index (χ0n) is 17.9. The Morgan fingerprint density at radius 2 is 1.68 bits per heavy atom. The van der Waals surface area contributed by atoms with Crippen molar-refractivity contribution in [2.75, 3.05) is 0 Å². The first kappa shape index (κ1) is 20.7. The Labute approximate surface area is 170 Å². The van der Waals surface area contributed by atoms with Crippen LogP contribution in [-0.4, -0.2) is 33.5 Å². The molecule has 10 atom stereocenters. The zero-order valence-corrected chi connectivity index (χ0v) is 17.9. The lowest BCUT2D eigenvalue weighted by Crippen LogP contribution is -2.58. The van der Waals surface area contributed by atoms with Gasteiger partial charge in [-0.3, -0.25) is 4.79 Å². The summed E-state index contributed by atoms with van der Waals surface area (Å²) in [5.74, 6) is 2.36. The Hall–Kier alpha value is -0.610. The maximum Gasteiger partial charge on any atom is 0.303 e. The molecule has 0 saturated heterocycles. The van der Waals surface area contributed by atoms with Crippen LogP contribution >= 0.6 is 0 Å². The van der Waals surface area contributed by atoms with Crippen LogP contribution in [0.2, 0.25) is 0 Å². The maximum atomic E-state index is 11.2. The summed E-state index contributed by atoms with van der Waals surface area (Å²) in [5, 5.41) is 30.5. The van der Waals surface area contributed by atoms with Crippen molar-refractivity contribution in [1.29, 1.82) is 0 Å². The highest BCUT2D eigenvalue weighted by Gasteiger charge is 2.62. The largest absolute Gasteiger partial charge is 0.481 e. The van der Waals surface area contributed by atoms with Crippen molar-refractivity contribution in [2.24, 2.45) is 46.3 Å². The Morgan fingerprint density at radius 1 is 1.00 bits per heavy atom.